The molecular weight excluding hydrogens is 691 g/mol. The molecule has 2 saturated carbocycles. The standard InChI is InChI=1S/C19H22ClN3OS.C19H24ClN3S/c1-10-9-12(20)7-8-13(10)16-14-15(11-5-6-11)22-23(4)17(14)21-18(24)19(2,3)25-16;1-11-9-13(20)7-8-14(11)17-15-16(12-5-6-12)22-23(4)18(15)21-10-19(2,3)24-17/h7-9,11,16H,5-6H2,1-4H3,(H,21,24);7-9,12,17,21H,5-6,10H2,1-4H3. The SMILES string of the molecule is Cc1cc(Cl)ccc1C1SC(C)(C)C(=O)Nc2c1c(C1CC1)nn2C.Cc1cc(Cl)ccc1C1SC(C)(C)CNc2c1c(C1CC1)nn2C. The van der Waals surface area contributed by atoms with Crippen LogP contribution >= 0.6 is 46.7 Å². The van der Waals surface area contributed by atoms with Crippen molar-refractivity contribution in [1.82, 2.24) is 19.6 Å². The predicted molar refractivity (Wildman–Crippen MR) is 207 cm³/mol. The third-order valence-electron chi connectivity index (χ3n) is 10.0. The Kier molecular flexibility index (Phi) is 9.15. The number of rotatable bonds is 4. The molecule has 0 saturated heterocycles. The normalized spacial score (nSPS) is 22.4. The number of hydrogen-bond donors (Lipinski definition) is 2. The van der Waals surface area contributed by atoms with Crippen molar-refractivity contribution in [3.63, 3.8) is 0 Å². The summed E-state index contributed by atoms with van der Waals surface area (Å²) < 4.78 is 3.50. The topological polar surface area (TPSA) is 76.8 Å². The van der Waals surface area contributed by atoms with Gasteiger partial charge in [-0.2, -0.15) is 10.2 Å². The fraction of sp³-hybridized carbons (Fsp3) is 0.500. The van der Waals surface area contributed by atoms with E-state index in [-0.39, 0.29) is 15.9 Å². The molecule has 2 aromatic heterocycles. The maximum absolute atomic E-state index is 12.8. The van der Waals surface area contributed by atoms with Gasteiger partial charge < -0.3 is 10.6 Å². The average Bonchev–Trinajstić information content (AvgIpc) is 3.95. The number of carbonyl (C=O) groups excluding carboxylic acids is 1. The monoisotopic (exact) mass is 736 g/mol. The van der Waals surface area contributed by atoms with Crippen LogP contribution in [0.4, 0.5) is 11.6 Å². The minimum absolute atomic E-state index is 0.0261. The van der Waals surface area contributed by atoms with Crippen LogP contribution in [0.5, 0.6) is 0 Å². The molecule has 4 aromatic rings. The third-order valence-corrected chi connectivity index (χ3v) is 13.5. The Bertz CT molecular complexity index is 1940. The minimum Gasteiger partial charge on any atom is -0.369 e. The molecule has 2 atom stereocenters. The highest BCUT2D eigenvalue weighted by Crippen LogP contribution is 2.55. The highest BCUT2D eigenvalue weighted by Gasteiger charge is 2.44. The first-order valence-electron chi connectivity index (χ1n) is 17.2. The zero-order valence-corrected chi connectivity index (χ0v) is 32.7. The lowest BCUT2D eigenvalue weighted by Crippen LogP contribution is -2.33. The summed E-state index contributed by atoms with van der Waals surface area (Å²) in [4.78, 5) is 12.8. The van der Waals surface area contributed by atoms with Gasteiger partial charge in [-0.3, -0.25) is 14.2 Å². The molecule has 0 radical (unpaired) electrons. The van der Waals surface area contributed by atoms with E-state index < -0.39 is 4.75 Å². The van der Waals surface area contributed by atoms with Gasteiger partial charge in [0.1, 0.15) is 11.6 Å². The highest BCUT2D eigenvalue weighted by molar-refractivity contribution is 8.01. The summed E-state index contributed by atoms with van der Waals surface area (Å²) in [6, 6.07) is 12.3. The first-order valence-corrected chi connectivity index (χ1v) is 19.7. The van der Waals surface area contributed by atoms with E-state index in [0.29, 0.717) is 17.1 Å². The van der Waals surface area contributed by atoms with Gasteiger partial charge in [0, 0.05) is 58.4 Å². The third kappa shape index (κ3) is 6.89. The van der Waals surface area contributed by atoms with E-state index in [1.807, 2.05) is 60.2 Å². The van der Waals surface area contributed by atoms with E-state index in [1.54, 1.807) is 11.8 Å². The van der Waals surface area contributed by atoms with E-state index in [1.165, 1.54) is 65.0 Å². The largest absolute Gasteiger partial charge is 0.369 e. The number of thioether (sulfide) groups is 2. The van der Waals surface area contributed by atoms with E-state index >= 15 is 0 Å². The molecule has 2 unspecified atom stereocenters. The minimum atomic E-state index is -0.531. The fourth-order valence-electron chi connectivity index (χ4n) is 7.00. The Labute approximate surface area is 308 Å². The maximum atomic E-state index is 12.8. The lowest BCUT2D eigenvalue weighted by molar-refractivity contribution is -0.117. The summed E-state index contributed by atoms with van der Waals surface area (Å²) in [5.74, 6) is 3.21. The van der Waals surface area contributed by atoms with Crippen LogP contribution in [0.1, 0.15) is 120 Å². The Morgan fingerprint density at radius 3 is 1.71 bits per heavy atom. The van der Waals surface area contributed by atoms with Crippen molar-refractivity contribution in [2.75, 3.05) is 17.2 Å². The predicted octanol–water partition coefficient (Wildman–Crippen LogP) is 10.1. The van der Waals surface area contributed by atoms with Crippen LogP contribution in [-0.2, 0) is 18.9 Å². The van der Waals surface area contributed by atoms with Crippen LogP contribution < -0.4 is 10.6 Å². The zero-order valence-electron chi connectivity index (χ0n) is 29.6. The number of amides is 1. The van der Waals surface area contributed by atoms with Crippen LogP contribution in [0.2, 0.25) is 10.0 Å². The number of aromatic nitrogens is 4. The van der Waals surface area contributed by atoms with E-state index in [0.717, 1.165) is 33.7 Å². The van der Waals surface area contributed by atoms with Crippen molar-refractivity contribution in [3.05, 3.63) is 91.2 Å². The molecule has 2 aliphatic heterocycles. The number of nitrogens with one attached hydrogen (secondary N) is 2. The molecule has 2 fully saturated rings. The zero-order chi connectivity index (χ0) is 35.0. The Morgan fingerprint density at radius 2 is 1.22 bits per heavy atom. The number of hydrogen-bond acceptors (Lipinski definition) is 6. The number of benzene rings is 2. The highest BCUT2D eigenvalue weighted by atomic mass is 35.5. The molecule has 8 rings (SSSR count). The van der Waals surface area contributed by atoms with E-state index in [2.05, 4.69) is 63.6 Å². The van der Waals surface area contributed by atoms with Crippen molar-refractivity contribution >= 4 is 64.3 Å². The summed E-state index contributed by atoms with van der Waals surface area (Å²) in [5.41, 5.74) is 9.96. The molecule has 260 valence electrons. The van der Waals surface area contributed by atoms with Gasteiger partial charge in [0.15, 0.2) is 0 Å². The van der Waals surface area contributed by atoms with Gasteiger partial charge in [0.05, 0.1) is 26.6 Å². The molecule has 11 heteroatoms. The molecule has 49 heavy (non-hydrogen) atoms. The van der Waals surface area contributed by atoms with Gasteiger partial charge >= 0.3 is 0 Å². The van der Waals surface area contributed by atoms with Crippen molar-refractivity contribution in [2.24, 2.45) is 14.1 Å². The van der Waals surface area contributed by atoms with Crippen LogP contribution in [0.25, 0.3) is 0 Å². The first kappa shape index (κ1) is 34.8. The molecule has 2 aliphatic carbocycles. The van der Waals surface area contributed by atoms with Gasteiger partial charge in [-0.05, 0) is 114 Å². The summed E-state index contributed by atoms with van der Waals surface area (Å²) in [5, 5.41) is 18.3. The molecular formula is C38H46Cl2N6OS2. The molecule has 1 amide bonds. The summed E-state index contributed by atoms with van der Waals surface area (Å²) in [7, 11) is 3.98. The van der Waals surface area contributed by atoms with Crippen LogP contribution in [0, 0.1) is 13.8 Å². The second-order valence-corrected chi connectivity index (χ2v) is 19.6. The van der Waals surface area contributed by atoms with Crippen LogP contribution in [-0.4, -0.2) is 41.5 Å². The van der Waals surface area contributed by atoms with Gasteiger partial charge in [-0.15, -0.1) is 23.5 Å². The Balaban J connectivity index is 0.000000154. The number of anilines is 2. The lowest BCUT2D eigenvalue weighted by Gasteiger charge is -2.27. The fourth-order valence-corrected chi connectivity index (χ4v) is 10.5. The summed E-state index contributed by atoms with van der Waals surface area (Å²) in [6.07, 6.45) is 4.89. The van der Waals surface area contributed by atoms with Crippen LogP contribution in [0.15, 0.2) is 36.4 Å². The number of nitrogens with zero attached hydrogens (tertiary/aromatic N) is 4. The second-order valence-electron chi connectivity index (χ2n) is 15.2. The van der Waals surface area contributed by atoms with Crippen molar-refractivity contribution < 1.29 is 4.79 Å². The van der Waals surface area contributed by atoms with Crippen molar-refractivity contribution in [2.45, 2.75) is 99.1 Å². The summed E-state index contributed by atoms with van der Waals surface area (Å²) in [6.45, 7) is 13.8. The quantitative estimate of drug-likeness (QED) is 0.217. The molecule has 0 spiro atoms. The van der Waals surface area contributed by atoms with Gasteiger partial charge in [-0.25, -0.2) is 0 Å². The molecule has 4 aliphatic rings. The number of halogens is 2. The number of carbonyl (C=O) groups is 1. The molecule has 7 nitrogen and oxygen atoms in total. The summed E-state index contributed by atoms with van der Waals surface area (Å²) >= 11 is 16.1. The molecule has 0 bridgehead atoms. The van der Waals surface area contributed by atoms with Crippen molar-refractivity contribution in [3.8, 4) is 0 Å². The molecule has 4 heterocycles. The lowest BCUT2D eigenvalue weighted by atomic mass is 9.98. The van der Waals surface area contributed by atoms with Crippen molar-refractivity contribution in [1.29, 1.82) is 0 Å². The van der Waals surface area contributed by atoms with Gasteiger partial charge in [-0.1, -0.05) is 35.3 Å². The molecule has 2 aromatic carbocycles. The van der Waals surface area contributed by atoms with E-state index in [9.17, 15) is 4.79 Å². The van der Waals surface area contributed by atoms with Gasteiger partial charge in [0.25, 0.3) is 0 Å². The first-order chi connectivity index (χ1) is 23.1. The Morgan fingerprint density at radius 1 is 0.755 bits per heavy atom. The maximum Gasteiger partial charge on any atom is 0.241 e. The Hall–Kier alpha value is -2.59. The molecule has 2 N–H and O–H groups in total. The van der Waals surface area contributed by atoms with E-state index in [4.69, 9.17) is 33.4 Å². The average molecular weight is 738 g/mol. The number of fused-ring (bicyclic) bond motifs is 2. The second kappa shape index (κ2) is 12.9. The van der Waals surface area contributed by atoms with Gasteiger partial charge in [0.2, 0.25) is 5.91 Å². The number of aryl methyl sites for hydroxylation is 4. The van der Waals surface area contributed by atoms with Crippen LogP contribution in [0.3, 0.4) is 0 Å². The smallest absolute Gasteiger partial charge is 0.241 e.